The van der Waals surface area contributed by atoms with Gasteiger partial charge in [0.05, 0.1) is 16.7 Å². The molecule has 0 radical (unpaired) electrons. The molecule has 1 fully saturated rings. The number of hydrogen-bond acceptors (Lipinski definition) is 3. The van der Waals surface area contributed by atoms with Gasteiger partial charge in [0.15, 0.2) is 0 Å². The molecule has 1 amide bonds. The molecule has 1 aliphatic rings. The van der Waals surface area contributed by atoms with Crippen molar-refractivity contribution >= 4 is 11.9 Å². The molecule has 1 saturated carbocycles. The monoisotopic (exact) mass is 356 g/mol. The van der Waals surface area contributed by atoms with Crippen LogP contribution in [-0.4, -0.2) is 28.0 Å². The highest BCUT2D eigenvalue weighted by Gasteiger charge is 2.37. The van der Waals surface area contributed by atoms with Gasteiger partial charge in [-0.3, -0.25) is 14.6 Å². The number of carboxylic acid groups (broad SMARTS) is 1. The molecule has 1 aliphatic carbocycles. The minimum absolute atomic E-state index is 0.0298. The summed E-state index contributed by atoms with van der Waals surface area (Å²) >= 11 is 0. The molecule has 2 N–H and O–H groups in total. The molecule has 2 aromatic rings. The van der Waals surface area contributed by atoms with Crippen LogP contribution < -0.4 is 5.32 Å². The first-order valence-corrected chi connectivity index (χ1v) is 8.64. The zero-order valence-corrected chi connectivity index (χ0v) is 14.5. The smallest absolute Gasteiger partial charge is 0.309 e. The third-order valence-corrected chi connectivity index (χ3v) is 5.09. The fourth-order valence-corrected chi connectivity index (χ4v) is 3.23. The molecule has 1 heterocycles. The second kappa shape index (κ2) is 7.23. The summed E-state index contributed by atoms with van der Waals surface area (Å²) in [5.74, 6) is -1.34. The molecule has 136 valence electrons. The minimum atomic E-state index is -0.778. The Bertz CT molecular complexity index is 812. The van der Waals surface area contributed by atoms with Crippen molar-refractivity contribution in [1.29, 1.82) is 0 Å². The third kappa shape index (κ3) is 3.90. The fourth-order valence-electron chi connectivity index (χ4n) is 3.23. The standard InChI is InChI=1S/C20H21FN2O3/c1-20(19(25)26)9-7-16(8-10-20)23-18(24)14-5-6-17(22-12-14)13-3-2-4-15(21)11-13/h2-6,11-12,16H,7-10H2,1H3,(H,23,24)(H,25,26)/t16-,20+. The van der Waals surface area contributed by atoms with E-state index in [1.807, 2.05) is 0 Å². The van der Waals surface area contributed by atoms with Crippen molar-refractivity contribution in [2.24, 2.45) is 5.41 Å². The van der Waals surface area contributed by atoms with Crippen molar-refractivity contribution in [1.82, 2.24) is 10.3 Å². The van der Waals surface area contributed by atoms with Crippen molar-refractivity contribution in [3.63, 3.8) is 0 Å². The lowest BCUT2D eigenvalue weighted by molar-refractivity contribution is -0.149. The Morgan fingerprint density at radius 1 is 1.23 bits per heavy atom. The SMILES string of the molecule is C[C@]1(C(=O)O)CC[C@@H](NC(=O)c2ccc(-c3cccc(F)c3)nc2)CC1. The van der Waals surface area contributed by atoms with Gasteiger partial charge in [0.2, 0.25) is 0 Å². The predicted molar refractivity (Wildman–Crippen MR) is 95.1 cm³/mol. The second-order valence-corrected chi connectivity index (χ2v) is 7.06. The van der Waals surface area contributed by atoms with E-state index in [1.54, 1.807) is 31.2 Å². The van der Waals surface area contributed by atoms with Gasteiger partial charge in [0.25, 0.3) is 5.91 Å². The van der Waals surface area contributed by atoms with Crippen LogP contribution in [0.4, 0.5) is 4.39 Å². The van der Waals surface area contributed by atoms with Crippen molar-refractivity contribution < 1.29 is 19.1 Å². The van der Waals surface area contributed by atoms with Crippen LogP contribution in [0.15, 0.2) is 42.6 Å². The van der Waals surface area contributed by atoms with Gasteiger partial charge in [0, 0.05) is 17.8 Å². The molecule has 5 nitrogen and oxygen atoms in total. The summed E-state index contributed by atoms with van der Waals surface area (Å²) in [5.41, 5.74) is 0.972. The summed E-state index contributed by atoms with van der Waals surface area (Å²) in [6.07, 6.45) is 3.85. The van der Waals surface area contributed by atoms with Crippen molar-refractivity contribution in [3.05, 3.63) is 54.0 Å². The van der Waals surface area contributed by atoms with Crippen LogP contribution in [0.25, 0.3) is 11.3 Å². The normalized spacial score (nSPS) is 22.6. The maximum absolute atomic E-state index is 13.3. The van der Waals surface area contributed by atoms with Gasteiger partial charge < -0.3 is 10.4 Å². The van der Waals surface area contributed by atoms with E-state index in [0.717, 1.165) is 0 Å². The van der Waals surface area contributed by atoms with E-state index < -0.39 is 11.4 Å². The van der Waals surface area contributed by atoms with Crippen LogP contribution in [0.3, 0.4) is 0 Å². The van der Waals surface area contributed by atoms with Gasteiger partial charge in [-0.05, 0) is 56.9 Å². The fraction of sp³-hybridized carbons (Fsp3) is 0.350. The molecule has 26 heavy (non-hydrogen) atoms. The number of amides is 1. The van der Waals surface area contributed by atoms with Crippen LogP contribution in [0.1, 0.15) is 43.0 Å². The Morgan fingerprint density at radius 3 is 2.54 bits per heavy atom. The van der Waals surface area contributed by atoms with E-state index in [2.05, 4.69) is 10.3 Å². The lowest BCUT2D eigenvalue weighted by Gasteiger charge is -2.34. The first-order chi connectivity index (χ1) is 12.4. The number of rotatable bonds is 4. The number of carbonyl (C=O) groups excluding carboxylic acids is 1. The molecule has 1 aromatic carbocycles. The molecule has 3 rings (SSSR count). The van der Waals surface area contributed by atoms with Crippen LogP contribution in [0.2, 0.25) is 0 Å². The summed E-state index contributed by atoms with van der Waals surface area (Å²) in [5, 5.41) is 12.2. The highest BCUT2D eigenvalue weighted by atomic mass is 19.1. The lowest BCUT2D eigenvalue weighted by atomic mass is 9.74. The molecule has 0 spiro atoms. The molecule has 1 aromatic heterocycles. The van der Waals surface area contributed by atoms with Crippen LogP contribution >= 0.6 is 0 Å². The molecule has 0 saturated heterocycles. The lowest BCUT2D eigenvalue weighted by Crippen LogP contribution is -2.42. The highest BCUT2D eigenvalue weighted by molar-refractivity contribution is 5.94. The van der Waals surface area contributed by atoms with Crippen LogP contribution in [0.5, 0.6) is 0 Å². The number of aliphatic carboxylic acids is 1. The molecular formula is C20H21FN2O3. The summed E-state index contributed by atoms with van der Waals surface area (Å²) in [7, 11) is 0. The highest BCUT2D eigenvalue weighted by Crippen LogP contribution is 2.36. The Labute approximate surface area is 151 Å². The molecule has 0 unspecified atom stereocenters. The number of halogens is 1. The van der Waals surface area contributed by atoms with E-state index in [9.17, 15) is 19.1 Å². The van der Waals surface area contributed by atoms with E-state index >= 15 is 0 Å². The van der Waals surface area contributed by atoms with Gasteiger partial charge in [-0.1, -0.05) is 12.1 Å². The average molecular weight is 356 g/mol. The Hall–Kier alpha value is -2.76. The molecule has 6 heteroatoms. The van der Waals surface area contributed by atoms with E-state index in [-0.39, 0.29) is 17.8 Å². The third-order valence-electron chi connectivity index (χ3n) is 5.09. The molecule has 0 aliphatic heterocycles. The van der Waals surface area contributed by atoms with Crippen molar-refractivity contribution in [2.45, 2.75) is 38.6 Å². The van der Waals surface area contributed by atoms with E-state index in [1.165, 1.54) is 18.3 Å². The van der Waals surface area contributed by atoms with Gasteiger partial charge in [-0.2, -0.15) is 0 Å². The molecular weight excluding hydrogens is 335 g/mol. The van der Waals surface area contributed by atoms with Gasteiger partial charge in [-0.25, -0.2) is 4.39 Å². The number of nitrogens with one attached hydrogen (secondary N) is 1. The van der Waals surface area contributed by atoms with Crippen LogP contribution in [0, 0.1) is 11.2 Å². The number of hydrogen-bond donors (Lipinski definition) is 2. The maximum Gasteiger partial charge on any atom is 0.309 e. The van der Waals surface area contributed by atoms with Crippen LogP contribution in [-0.2, 0) is 4.79 Å². The largest absolute Gasteiger partial charge is 0.481 e. The Balaban J connectivity index is 1.62. The summed E-state index contributed by atoms with van der Waals surface area (Å²) in [4.78, 5) is 27.9. The summed E-state index contributed by atoms with van der Waals surface area (Å²) in [6.45, 7) is 1.75. The predicted octanol–water partition coefficient (Wildman–Crippen LogP) is 3.65. The van der Waals surface area contributed by atoms with E-state index in [4.69, 9.17) is 0 Å². The Morgan fingerprint density at radius 2 is 1.96 bits per heavy atom. The van der Waals surface area contributed by atoms with Gasteiger partial charge >= 0.3 is 5.97 Å². The van der Waals surface area contributed by atoms with Gasteiger partial charge in [0.1, 0.15) is 5.82 Å². The second-order valence-electron chi connectivity index (χ2n) is 7.06. The van der Waals surface area contributed by atoms with Crippen molar-refractivity contribution in [3.8, 4) is 11.3 Å². The van der Waals surface area contributed by atoms with Gasteiger partial charge in [-0.15, -0.1) is 0 Å². The number of nitrogens with zero attached hydrogens (tertiary/aromatic N) is 1. The first-order valence-electron chi connectivity index (χ1n) is 8.64. The number of benzene rings is 1. The van der Waals surface area contributed by atoms with E-state index in [0.29, 0.717) is 42.5 Å². The van der Waals surface area contributed by atoms with Crippen molar-refractivity contribution in [2.75, 3.05) is 0 Å². The Kier molecular flexibility index (Phi) is 5.02. The molecule has 0 atom stereocenters. The summed E-state index contributed by atoms with van der Waals surface area (Å²) in [6, 6.07) is 9.44. The zero-order valence-electron chi connectivity index (χ0n) is 14.5. The average Bonchev–Trinajstić information content (AvgIpc) is 2.64. The topological polar surface area (TPSA) is 79.3 Å². The number of aromatic nitrogens is 1. The first kappa shape index (κ1) is 18.0. The number of carbonyl (C=O) groups is 2. The number of carboxylic acids is 1. The summed E-state index contributed by atoms with van der Waals surface area (Å²) < 4.78 is 13.3. The maximum atomic E-state index is 13.3. The number of pyridine rings is 1. The quantitative estimate of drug-likeness (QED) is 0.876. The zero-order chi connectivity index (χ0) is 18.7. The minimum Gasteiger partial charge on any atom is -0.481 e. The molecule has 0 bridgehead atoms.